The Morgan fingerprint density at radius 1 is 0.784 bits per heavy atom. The Labute approximate surface area is 215 Å². The number of nitrogens with one attached hydrogen (secondary N) is 2. The van der Waals surface area contributed by atoms with Gasteiger partial charge in [-0.3, -0.25) is 9.36 Å². The van der Waals surface area contributed by atoms with Crippen LogP contribution in [0.1, 0.15) is 21.5 Å². The summed E-state index contributed by atoms with van der Waals surface area (Å²) in [6.07, 6.45) is 5.05. The Kier molecular flexibility index (Phi) is 8.80. The fraction of sp³-hybridized carbons (Fsp3) is 0.172. The standard InChI is InChI=1S/C29H28N4O4/c34-27(24-14-8-3-9-15-24)31-25(18-22-10-4-1-5-11-22)20-37-28(35)26(19-23-12-6-2-7-13-23)32-29(36)33-17-16-30-21-33/h1-17,21,25-26H,18-20H2,(H,31,34)(H,32,36)/t25-,26+/m1/s1. The van der Waals surface area contributed by atoms with Gasteiger partial charge in [-0.05, 0) is 29.7 Å². The Morgan fingerprint density at radius 2 is 1.38 bits per heavy atom. The number of benzene rings is 3. The molecule has 0 aliphatic carbocycles. The average Bonchev–Trinajstić information content (AvgIpc) is 3.48. The summed E-state index contributed by atoms with van der Waals surface area (Å²) in [6.45, 7) is -0.0570. The minimum absolute atomic E-state index is 0.0570. The molecule has 0 saturated carbocycles. The van der Waals surface area contributed by atoms with Crippen molar-refractivity contribution in [1.29, 1.82) is 0 Å². The topological polar surface area (TPSA) is 102 Å². The second kappa shape index (κ2) is 12.8. The van der Waals surface area contributed by atoms with Gasteiger partial charge in [-0.1, -0.05) is 78.9 Å². The molecule has 4 aromatic rings. The van der Waals surface area contributed by atoms with Crippen molar-refractivity contribution in [3.8, 4) is 0 Å². The van der Waals surface area contributed by atoms with Crippen molar-refractivity contribution in [3.05, 3.63) is 126 Å². The SMILES string of the molecule is O=C(N[C@@H](COC(=O)[C@H](Cc1ccccc1)NC(=O)n1ccnc1)Cc1ccccc1)c1ccccc1. The Morgan fingerprint density at radius 3 is 1.97 bits per heavy atom. The summed E-state index contributed by atoms with van der Waals surface area (Å²) in [6, 6.07) is 26.0. The fourth-order valence-electron chi connectivity index (χ4n) is 3.84. The van der Waals surface area contributed by atoms with Crippen molar-refractivity contribution in [1.82, 2.24) is 20.2 Å². The van der Waals surface area contributed by atoms with E-state index in [1.165, 1.54) is 23.3 Å². The largest absolute Gasteiger partial charge is 0.462 e. The Balaban J connectivity index is 1.46. The van der Waals surface area contributed by atoms with Crippen LogP contribution in [0.4, 0.5) is 4.79 Å². The van der Waals surface area contributed by atoms with Gasteiger partial charge in [0.1, 0.15) is 19.0 Å². The molecule has 0 aliphatic heterocycles. The molecule has 0 fully saturated rings. The molecule has 2 atom stereocenters. The number of hydrogen-bond donors (Lipinski definition) is 2. The van der Waals surface area contributed by atoms with Gasteiger partial charge < -0.3 is 15.4 Å². The monoisotopic (exact) mass is 496 g/mol. The van der Waals surface area contributed by atoms with Crippen LogP contribution in [-0.2, 0) is 22.4 Å². The smallest absolute Gasteiger partial charge is 0.329 e. The number of amides is 2. The molecule has 3 aromatic carbocycles. The van der Waals surface area contributed by atoms with E-state index in [-0.39, 0.29) is 18.9 Å². The molecule has 2 amide bonds. The molecule has 1 aromatic heterocycles. The van der Waals surface area contributed by atoms with Gasteiger partial charge in [-0.2, -0.15) is 0 Å². The normalized spacial score (nSPS) is 12.2. The van der Waals surface area contributed by atoms with Gasteiger partial charge >= 0.3 is 12.0 Å². The van der Waals surface area contributed by atoms with Crippen LogP contribution in [0.5, 0.6) is 0 Å². The van der Waals surface area contributed by atoms with Crippen molar-refractivity contribution in [3.63, 3.8) is 0 Å². The first kappa shape index (κ1) is 25.4. The van der Waals surface area contributed by atoms with Crippen LogP contribution < -0.4 is 10.6 Å². The van der Waals surface area contributed by atoms with E-state index in [0.717, 1.165) is 11.1 Å². The van der Waals surface area contributed by atoms with Gasteiger partial charge in [0.05, 0.1) is 6.04 Å². The highest BCUT2D eigenvalue weighted by molar-refractivity contribution is 5.94. The Hall–Kier alpha value is -4.72. The number of nitrogens with zero attached hydrogens (tertiary/aromatic N) is 2. The lowest BCUT2D eigenvalue weighted by Crippen LogP contribution is -2.47. The first-order valence-corrected chi connectivity index (χ1v) is 12.0. The average molecular weight is 497 g/mol. The number of rotatable bonds is 10. The van der Waals surface area contributed by atoms with Crippen molar-refractivity contribution >= 4 is 17.9 Å². The highest BCUT2D eigenvalue weighted by Crippen LogP contribution is 2.09. The van der Waals surface area contributed by atoms with Crippen LogP contribution in [0, 0.1) is 0 Å². The van der Waals surface area contributed by atoms with Crippen molar-refractivity contribution in [2.24, 2.45) is 0 Å². The number of imidazole rings is 1. The molecule has 0 unspecified atom stereocenters. The van der Waals surface area contributed by atoms with E-state index in [1.807, 2.05) is 66.7 Å². The minimum atomic E-state index is -0.931. The number of carbonyl (C=O) groups excluding carboxylic acids is 3. The van der Waals surface area contributed by atoms with Crippen LogP contribution in [0.15, 0.2) is 110 Å². The molecule has 1 heterocycles. The summed E-state index contributed by atoms with van der Waals surface area (Å²) in [4.78, 5) is 42.5. The summed E-state index contributed by atoms with van der Waals surface area (Å²) >= 11 is 0. The molecule has 37 heavy (non-hydrogen) atoms. The zero-order valence-corrected chi connectivity index (χ0v) is 20.2. The van der Waals surface area contributed by atoms with E-state index in [0.29, 0.717) is 12.0 Å². The van der Waals surface area contributed by atoms with Gasteiger partial charge in [0.2, 0.25) is 0 Å². The zero-order valence-electron chi connectivity index (χ0n) is 20.2. The summed E-state index contributed by atoms with van der Waals surface area (Å²) in [5, 5.41) is 5.70. The van der Waals surface area contributed by atoms with Crippen LogP contribution >= 0.6 is 0 Å². The lowest BCUT2D eigenvalue weighted by atomic mass is 10.1. The molecule has 0 aliphatic rings. The minimum Gasteiger partial charge on any atom is -0.462 e. The van der Waals surface area contributed by atoms with E-state index in [1.54, 1.807) is 24.3 Å². The van der Waals surface area contributed by atoms with Gasteiger partial charge in [0.15, 0.2) is 0 Å². The number of carbonyl (C=O) groups is 3. The molecule has 188 valence electrons. The van der Waals surface area contributed by atoms with E-state index in [2.05, 4.69) is 15.6 Å². The molecule has 0 spiro atoms. The van der Waals surface area contributed by atoms with Crippen molar-refractivity contribution in [2.75, 3.05) is 6.61 Å². The van der Waals surface area contributed by atoms with Gasteiger partial charge in [-0.15, -0.1) is 0 Å². The third kappa shape index (κ3) is 7.63. The summed E-state index contributed by atoms with van der Waals surface area (Å²) in [7, 11) is 0. The quantitative estimate of drug-likeness (QED) is 0.327. The predicted octanol–water partition coefficient (Wildman–Crippen LogP) is 3.64. The van der Waals surface area contributed by atoms with Crippen LogP contribution in [0.25, 0.3) is 0 Å². The maximum atomic E-state index is 13.2. The van der Waals surface area contributed by atoms with E-state index >= 15 is 0 Å². The lowest BCUT2D eigenvalue weighted by Gasteiger charge is -2.22. The molecular formula is C29H28N4O4. The highest BCUT2D eigenvalue weighted by Gasteiger charge is 2.25. The molecule has 0 saturated heterocycles. The maximum absolute atomic E-state index is 13.2. The maximum Gasteiger partial charge on any atom is 0.329 e. The van der Waals surface area contributed by atoms with Gasteiger partial charge in [0.25, 0.3) is 5.91 Å². The molecule has 8 nitrogen and oxygen atoms in total. The van der Waals surface area contributed by atoms with Crippen molar-refractivity contribution < 1.29 is 19.1 Å². The van der Waals surface area contributed by atoms with Crippen molar-refractivity contribution in [2.45, 2.75) is 24.9 Å². The predicted molar refractivity (Wildman–Crippen MR) is 139 cm³/mol. The molecule has 8 heteroatoms. The molecule has 0 radical (unpaired) electrons. The lowest BCUT2D eigenvalue weighted by molar-refractivity contribution is -0.146. The number of aromatic nitrogens is 2. The third-order valence-corrected chi connectivity index (χ3v) is 5.73. The number of hydrogen-bond acceptors (Lipinski definition) is 5. The highest BCUT2D eigenvalue weighted by atomic mass is 16.5. The van der Waals surface area contributed by atoms with Gasteiger partial charge in [-0.25, -0.2) is 14.6 Å². The molecular weight excluding hydrogens is 468 g/mol. The van der Waals surface area contributed by atoms with E-state index in [4.69, 9.17) is 4.74 Å². The first-order valence-electron chi connectivity index (χ1n) is 12.0. The molecule has 4 rings (SSSR count). The molecule has 0 bridgehead atoms. The van der Waals surface area contributed by atoms with E-state index in [9.17, 15) is 14.4 Å². The number of ether oxygens (including phenoxy) is 1. The van der Waals surface area contributed by atoms with Gasteiger partial charge in [0, 0.05) is 24.4 Å². The second-order valence-corrected chi connectivity index (χ2v) is 8.52. The summed E-state index contributed by atoms with van der Waals surface area (Å²) < 4.78 is 6.93. The van der Waals surface area contributed by atoms with Crippen LogP contribution in [0.2, 0.25) is 0 Å². The molecule has 2 N–H and O–H groups in total. The fourth-order valence-corrected chi connectivity index (χ4v) is 3.84. The Bertz CT molecular complexity index is 1280. The summed E-state index contributed by atoms with van der Waals surface area (Å²) in [5.74, 6) is -0.851. The summed E-state index contributed by atoms with van der Waals surface area (Å²) in [5.41, 5.74) is 2.38. The zero-order chi connectivity index (χ0) is 25.9. The van der Waals surface area contributed by atoms with E-state index < -0.39 is 24.1 Å². The second-order valence-electron chi connectivity index (χ2n) is 8.52. The van der Waals surface area contributed by atoms with Crippen LogP contribution in [-0.4, -0.2) is 46.1 Å². The third-order valence-electron chi connectivity index (χ3n) is 5.73. The number of esters is 1. The van der Waals surface area contributed by atoms with Crippen LogP contribution in [0.3, 0.4) is 0 Å². The first-order chi connectivity index (χ1) is 18.1.